The molecule has 2 saturated heterocycles. The summed E-state index contributed by atoms with van der Waals surface area (Å²) in [5.74, 6) is 1.56. The minimum absolute atomic E-state index is 0.243. The number of H-pyrrole nitrogens is 1. The summed E-state index contributed by atoms with van der Waals surface area (Å²) in [6.07, 6.45) is 2.01. The van der Waals surface area contributed by atoms with Gasteiger partial charge in [0.25, 0.3) is 0 Å². The molecule has 6 heteroatoms. The molecule has 0 spiro atoms. The highest BCUT2D eigenvalue weighted by atomic mass is 16.5. The minimum Gasteiger partial charge on any atom is -0.496 e. The van der Waals surface area contributed by atoms with Gasteiger partial charge in [0.2, 0.25) is 0 Å². The van der Waals surface area contributed by atoms with Crippen LogP contribution in [0.2, 0.25) is 0 Å². The number of carboxylic acid groups (broad SMARTS) is 1. The molecule has 2 aromatic carbocycles. The molecule has 1 saturated carbocycles. The molecule has 6 rings (SSSR count). The average molecular weight is 474 g/mol. The molecule has 4 atom stereocenters. The van der Waals surface area contributed by atoms with Crippen LogP contribution in [0.5, 0.6) is 5.75 Å². The van der Waals surface area contributed by atoms with Gasteiger partial charge in [0.05, 0.1) is 18.2 Å². The molecule has 3 fully saturated rings. The van der Waals surface area contributed by atoms with Gasteiger partial charge in [-0.15, -0.1) is 0 Å². The van der Waals surface area contributed by atoms with Crippen LogP contribution < -0.4 is 4.74 Å². The Balaban J connectivity index is 1.43. The fourth-order valence-corrected chi connectivity index (χ4v) is 7.30. The number of piperidine rings is 1. The van der Waals surface area contributed by atoms with Gasteiger partial charge < -0.3 is 14.8 Å². The monoisotopic (exact) mass is 473 g/mol. The molecule has 0 radical (unpaired) electrons. The molecule has 0 bridgehead atoms. The number of rotatable bonds is 5. The van der Waals surface area contributed by atoms with E-state index in [0.717, 1.165) is 54.8 Å². The van der Waals surface area contributed by atoms with Crippen LogP contribution in [-0.4, -0.2) is 58.6 Å². The molecule has 0 unspecified atom stereocenters. The van der Waals surface area contributed by atoms with E-state index in [-0.39, 0.29) is 5.54 Å². The first-order valence-corrected chi connectivity index (χ1v) is 12.6. The Morgan fingerprint density at radius 3 is 2.60 bits per heavy atom. The number of nitrogens with zero attached hydrogens (tertiary/aromatic N) is 2. The van der Waals surface area contributed by atoms with Crippen LogP contribution in [0.4, 0.5) is 0 Å². The van der Waals surface area contributed by atoms with Crippen molar-refractivity contribution in [3.8, 4) is 5.75 Å². The first-order chi connectivity index (χ1) is 16.6. The Kier molecular flexibility index (Phi) is 4.90. The molecule has 0 amide bonds. The standard InChI is InChI=1S/C29H35N3O3/c1-17-12-24(35-5)21(20-10-11-30-26(17)20)13-32-15-23-25-22(28(25,2)3)14-31(23)16-29(32,4)19-8-6-18(7-9-19)27(33)34/h6-12,22-23,25,30H,13-16H2,1-5H3,(H,33,34)/t22-,23+,25-,29+/m0/s1. The number of hydrogen-bond acceptors (Lipinski definition) is 4. The zero-order valence-electron chi connectivity index (χ0n) is 21.3. The van der Waals surface area contributed by atoms with E-state index in [1.54, 1.807) is 19.2 Å². The molecule has 2 N–H and O–H groups in total. The lowest BCUT2D eigenvalue weighted by Crippen LogP contribution is -2.62. The van der Waals surface area contributed by atoms with Crippen molar-refractivity contribution in [2.75, 3.05) is 26.7 Å². The summed E-state index contributed by atoms with van der Waals surface area (Å²) in [4.78, 5) is 20.2. The Morgan fingerprint density at radius 1 is 1.17 bits per heavy atom. The predicted octanol–water partition coefficient (Wildman–Crippen LogP) is 4.87. The predicted molar refractivity (Wildman–Crippen MR) is 137 cm³/mol. The lowest BCUT2D eigenvalue weighted by Gasteiger charge is -2.52. The van der Waals surface area contributed by atoms with Gasteiger partial charge in [-0.25, -0.2) is 4.79 Å². The third-order valence-corrected chi connectivity index (χ3v) is 9.50. The van der Waals surface area contributed by atoms with Crippen molar-refractivity contribution in [3.63, 3.8) is 0 Å². The van der Waals surface area contributed by atoms with Gasteiger partial charge in [0.1, 0.15) is 5.75 Å². The van der Waals surface area contributed by atoms with E-state index in [1.807, 2.05) is 18.3 Å². The van der Waals surface area contributed by atoms with Gasteiger partial charge >= 0.3 is 5.97 Å². The zero-order chi connectivity index (χ0) is 24.7. The lowest BCUT2D eigenvalue weighted by molar-refractivity contribution is -0.0359. The second-order valence-electron chi connectivity index (χ2n) is 11.6. The first-order valence-electron chi connectivity index (χ1n) is 12.6. The van der Waals surface area contributed by atoms with Gasteiger partial charge in [-0.1, -0.05) is 26.0 Å². The number of aromatic amines is 1. The Morgan fingerprint density at radius 2 is 1.91 bits per heavy atom. The largest absolute Gasteiger partial charge is 0.496 e. The van der Waals surface area contributed by atoms with E-state index in [9.17, 15) is 9.90 Å². The number of methoxy groups -OCH3 is 1. The number of nitrogens with one attached hydrogen (secondary N) is 1. The van der Waals surface area contributed by atoms with Gasteiger partial charge in [-0.2, -0.15) is 0 Å². The second-order valence-corrected chi connectivity index (χ2v) is 11.6. The Hall–Kier alpha value is -2.83. The van der Waals surface area contributed by atoms with Crippen LogP contribution in [0, 0.1) is 24.2 Å². The molecule has 2 aliphatic heterocycles. The third kappa shape index (κ3) is 3.26. The minimum atomic E-state index is -0.886. The summed E-state index contributed by atoms with van der Waals surface area (Å²) >= 11 is 0. The number of carbonyl (C=O) groups is 1. The SMILES string of the molecule is COc1cc(C)c2[nH]ccc2c1CN1C[C@@H]2[C@@H]3[C@H](CN2C[C@]1(C)c1ccc(C(=O)O)cc1)C3(C)C. The highest BCUT2D eigenvalue weighted by Gasteiger charge is 2.68. The van der Waals surface area contributed by atoms with E-state index < -0.39 is 5.97 Å². The smallest absolute Gasteiger partial charge is 0.335 e. The van der Waals surface area contributed by atoms with Gasteiger partial charge in [-0.05, 0) is 66.5 Å². The summed E-state index contributed by atoms with van der Waals surface area (Å²) in [6.45, 7) is 13.2. The molecular weight excluding hydrogens is 438 g/mol. The summed E-state index contributed by atoms with van der Waals surface area (Å²) in [5, 5.41) is 10.6. The summed E-state index contributed by atoms with van der Waals surface area (Å²) in [7, 11) is 1.76. The number of hydrogen-bond donors (Lipinski definition) is 2. The second kappa shape index (κ2) is 7.58. The van der Waals surface area contributed by atoms with Crippen molar-refractivity contribution < 1.29 is 14.6 Å². The number of fused-ring (bicyclic) bond motifs is 4. The van der Waals surface area contributed by atoms with Crippen LogP contribution in [0.1, 0.15) is 47.8 Å². The van der Waals surface area contributed by atoms with E-state index >= 15 is 0 Å². The van der Waals surface area contributed by atoms with Gasteiger partial charge in [0, 0.05) is 54.9 Å². The molecule has 1 aliphatic carbocycles. The Bertz CT molecular complexity index is 1310. The molecule has 35 heavy (non-hydrogen) atoms. The molecule has 3 aromatic rings. The fourth-order valence-electron chi connectivity index (χ4n) is 7.30. The highest BCUT2D eigenvalue weighted by Crippen LogP contribution is 2.66. The topological polar surface area (TPSA) is 68.8 Å². The van der Waals surface area contributed by atoms with E-state index in [2.05, 4.69) is 54.6 Å². The number of piperazine rings is 1. The molecule has 3 heterocycles. The van der Waals surface area contributed by atoms with Gasteiger partial charge in [-0.3, -0.25) is 9.80 Å². The number of aromatic carboxylic acids is 1. The maximum Gasteiger partial charge on any atom is 0.335 e. The average Bonchev–Trinajstić information content (AvgIpc) is 3.23. The summed E-state index contributed by atoms with van der Waals surface area (Å²) < 4.78 is 5.89. The van der Waals surface area contributed by atoms with Crippen molar-refractivity contribution in [1.29, 1.82) is 0 Å². The third-order valence-electron chi connectivity index (χ3n) is 9.50. The number of aromatic nitrogens is 1. The Labute approximate surface area is 206 Å². The van der Waals surface area contributed by atoms with E-state index in [0.29, 0.717) is 17.0 Å². The summed E-state index contributed by atoms with van der Waals surface area (Å²) in [5.41, 5.74) is 5.23. The maximum atomic E-state index is 11.5. The van der Waals surface area contributed by atoms with Crippen molar-refractivity contribution >= 4 is 16.9 Å². The number of benzene rings is 2. The van der Waals surface area contributed by atoms with E-state index in [4.69, 9.17) is 4.74 Å². The van der Waals surface area contributed by atoms with Crippen molar-refractivity contribution in [2.45, 2.75) is 45.8 Å². The van der Waals surface area contributed by atoms with Crippen molar-refractivity contribution in [3.05, 3.63) is 64.8 Å². The van der Waals surface area contributed by atoms with Gasteiger partial charge in [0.15, 0.2) is 0 Å². The number of ether oxygens (including phenoxy) is 1. The molecule has 184 valence electrons. The zero-order valence-corrected chi connectivity index (χ0v) is 21.3. The first kappa shape index (κ1) is 22.6. The number of aryl methyl sites for hydroxylation is 1. The molecule has 3 aliphatic rings. The van der Waals surface area contributed by atoms with Crippen LogP contribution in [0.3, 0.4) is 0 Å². The van der Waals surface area contributed by atoms with Crippen LogP contribution in [0.15, 0.2) is 42.6 Å². The van der Waals surface area contributed by atoms with Crippen LogP contribution >= 0.6 is 0 Å². The van der Waals surface area contributed by atoms with Crippen LogP contribution in [0.25, 0.3) is 10.9 Å². The molecular formula is C29H35N3O3. The lowest BCUT2D eigenvalue weighted by atomic mass is 9.83. The van der Waals surface area contributed by atoms with Crippen LogP contribution in [-0.2, 0) is 12.1 Å². The highest BCUT2D eigenvalue weighted by molar-refractivity contribution is 5.88. The molecule has 1 aromatic heterocycles. The van der Waals surface area contributed by atoms with Crippen molar-refractivity contribution in [2.24, 2.45) is 17.3 Å². The maximum absolute atomic E-state index is 11.5. The molecule has 6 nitrogen and oxygen atoms in total. The van der Waals surface area contributed by atoms with E-state index in [1.165, 1.54) is 16.5 Å². The fraction of sp³-hybridized carbons (Fsp3) is 0.483. The number of carboxylic acids is 1. The quantitative estimate of drug-likeness (QED) is 0.553. The summed E-state index contributed by atoms with van der Waals surface area (Å²) in [6, 6.07) is 12.4. The van der Waals surface area contributed by atoms with Crippen molar-refractivity contribution in [1.82, 2.24) is 14.8 Å². The normalized spacial score (nSPS) is 29.7.